The second kappa shape index (κ2) is 7.20. The summed E-state index contributed by atoms with van der Waals surface area (Å²) in [5.41, 5.74) is 7.79. The van der Waals surface area contributed by atoms with Gasteiger partial charge in [0, 0.05) is 11.6 Å². The molecular weight excluding hydrogens is 238 g/mol. The molecule has 0 aliphatic rings. The minimum absolute atomic E-state index is 0. The minimum atomic E-state index is 0. The minimum Gasteiger partial charge on any atom is -0.496 e. The maximum Gasteiger partial charge on any atom is 0.126 e. The summed E-state index contributed by atoms with van der Waals surface area (Å²) < 4.78 is 10.7. The molecule has 96 valence electrons. The van der Waals surface area contributed by atoms with Crippen LogP contribution in [0.4, 0.5) is 0 Å². The molecule has 0 aromatic heterocycles. The van der Waals surface area contributed by atoms with Crippen molar-refractivity contribution in [2.45, 2.75) is 19.4 Å². The van der Waals surface area contributed by atoms with Crippen LogP contribution in [-0.4, -0.2) is 20.3 Å². The molecule has 0 aliphatic carbocycles. The molecule has 0 radical (unpaired) electrons. The number of ether oxygens (including phenoxy) is 2. The normalized spacial score (nSPS) is 11.3. The van der Waals surface area contributed by atoms with E-state index < -0.39 is 0 Å². The van der Waals surface area contributed by atoms with Crippen LogP contribution in [0.2, 0.25) is 0 Å². The van der Waals surface area contributed by atoms with Crippen molar-refractivity contribution >= 4 is 18.5 Å². The number of halogens is 1. The zero-order valence-electron chi connectivity index (χ0n) is 10.5. The average Bonchev–Trinajstić information content (AvgIpc) is 2.28. The molecule has 0 saturated heterocycles. The van der Waals surface area contributed by atoms with Crippen LogP contribution in [-0.2, 0) is 6.42 Å². The van der Waals surface area contributed by atoms with E-state index in [0.29, 0.717) is 0 Å². The van der Waals surface area contributed by atoms with Crippen molar-refractivity contribution in [3.63, 3.8) is 0 Å². The van der Waals surface area contributed by atoms with Crippen LogP contribution in [0, 0.1) is 0 Å². The Balaban J connectivity index is 0.00000256. The van der Waals surface area contributed by atoms with Gasteiger partial charge in [-0.25, -0.2) is 0 Å². The second-order valence-corrected chi connectivity index (χ2v) is 3.79. The van der Waals surface area contributed by atoms with Gasteiger partial charge in [0.05, 0.1) is 14.2 Å². The molecule has 2 N–H and O–H groups in total. The van der Waals surface area contributed by atoms with E-state index in [1.54, 1.807) is 20.3 Å². The molecule has 0 saturated carbocycles. The van der Waals surface area contributed by atoms with Gasteiger partial charge in [-0.05, 0) is 31.0 Å². The second-order valence-electron chi connectivity index (χ2n) is 3.79. The number of rotatable bonds is 5. The Morgan fingerprint density at radius 3 is 2.06 bits per heavy atom. The van der Waals surface area contributed by atoms with E-state index in [2.05, 4.69) is 6.58 Å². The van der Waals surface area contributed by atoms with Crippen LogP contribution >= 0.6 is 12.4 Å². The van der Waals surface area contributed by atoms with Crippen molar-refractivity contribution in [2.24, 2.45) is 5.73 Å². The first-order valence-electron chi connectivity index (χ1n) is 5.25. The Morgan fingerprint density at radius 2 is 1.76 bits per heavy atom. The largest absolute Gasteiger partial charge is 0.496 e. The summed E-state index contributed by atoms with van der Waals surface area (Å²) in [6.45, 7) is 5.70. The van der Waals surface area contributed by atoms with Crippen molar-refractivity contribution in [3.05, 3.63) is 29.8 Å². The van der Waals surface area contributed by atoms with E-state index in [9.17, 15) is 0 Å². The van der Waals surface area contributed by atoms with Gasteiger partial charge in [-0.15, -0.1) is 12.4 Å². The lowest BCUT2D eigenvalue weighted by Gasteiger charge is -2.15. The highest BCUT2D eigenvalue weighted by molar-refractivity contribution is 5.85. The molecule has 0 spiro atoms. The Bertz CT molecular complexity index is 353. The molecule has 1 rings (SSSR count). The van der Waals surface area contributed by atoms with Crippen LogP contribution in [0.5, 0.6) is 11.5 Å². The number of nitrogens with two attached hydrogens (primary N) is 1. The van der Waals surface area contributed by atoms with Gasteiger partial charge in [0.2, 0.25) is 0 Å². The molecule has 1 aromatic rings. The van der Waals surface area contributed by atoms with E-state index >= 15 is 0 Å². The molecule has 0 heterocycles. The first kappa shape index (κ1) is 15.8. The number of hydrogen-bond donors (Lipinski definition) is 1. The fourth-order valence-electron chi connectivity index (χ4n) is 1.65. The molecule has 0 aliphatic heterocycles. The van der Waals surface area contributed by atoms with Crippen molar-refractivity contribution < 1.29 is 9.47 Å². The predicted octanol–water partition coefficient (Wildman–Crippen LogP) is 2.66. The fraction of sp³-hybridized carbons (Fsp3) is 0.385. The highest BCUT2D eigenvalue weighted by Crippen LogP contribution is 2.31. The molecular formula is C13H20ClNO2. The SMILES string of the molecule is C=Cc1cc(OC)c(CC(C)N)c(OC)c1.Cl. The number of benzene rings is 1. The van der Waals surface area contributed by atoms with Crippen LogP contribution in [0.1, 0.15) is 18.1 Å². The molecule has 0 fully saturated rings. The standard InChI is InChI=1S/C13H19NO2.ClH/c1-5-10-7-12(15-3)11(6-9(2)14)13(8-10)16-4;/h5,7-9H,1,6,14H2,2-4H3;1H. The van der Waals surface area contributed by atoms with E-state index in [1.165, 1.54) is 0 Å². The summed E-state index contributed by atoms with van der Waals surface area (Å²) in [4.78, 5) is 0. The highest BCUT2D eigenvalue weighted by Gasteiger charge is 2.13. The van der Waals surface area contributed by atoms with E-state index in [-0.39, 0.29) is 18.4 Å². The molecule has 1 unspecified atom stereocenters. The average molecular weight is 258 g/mol. The maximum atomic E-state index is 5.81. The third kappa shape index (κ3) is 3.95. The van der Waals surface area contributed by atoms with Gasteiger partial charge < -0.3 is 15.2 Å². The highest BCUT2D eigenvalue weighted by atomic mass is 35.5. The van der Waals surface area contributed by atoms with Gasteiger partial charge in [0.1, 0.15) is 11.5 Å². The summed E-state index contributed by atoms with van der Waals surface area (Å²) in [6.07, 6.45) is 2.49. The molecule has 1 aromatic carbocycles. The predicted molar refractivity (Wildman–Crippen MR) is 74.2 cm³/mol. The topological polar surface area (TPSA) is 44.5 Å². The van der Waals surface area contributed by atoms with Crippen molar-refractivity contribution in [2.75, 3.05) is 14.2 Å². The molecule has 17 heavy (non-hydrogen) atoms. The summed E-state index contributed by atoms with van der Waals surface area (Å²) >= 11 is 0. The van der Waals surface area contributed by atoms with Crippen LogP contribution in [0.15, 0.2) is 18.7 Å². The molecule has 1 atom stereocenters. The van der Waals surface area contributed by atoms with E-state index in [4.69, 9.17) is 15.2 Å². The quantitative estimate of drug-likeness (QED) is 0.882. The lowest BCUT2D eigenvalue weighted by atomic mass is 10.0. The van der Waals surface area contributed by atoms with Gasteiger partial charge in [-0.2, -0.15) is 0 Å². The van der Waals surface area contributed by atoms with Crippen molar-refractivity contribution in [1.29, 1.82) is 0 Å². The summed E-state index contributed by atoms with van der Waals surface area (Å²) in [6, 6.07) is 3.94. The zero-order valence-corrected chi connectivity index (χ0v) is 11.3. The Labute approximate surface area is 109 Å². The van der Waals surface area contributed by atoms with Crippen molar-refractivity contribution in [1.82, 2.24) is 0 Å². The number of methoxy groups -OCH3 is 2. The third-order valence-corrected chi connectivity index (χ3v) is 2.39. The Morgan fingerprint density at radius 1 is 1.29 bits per heavy atom. The summed E-state index contributed by atoms with van der Waals surface area (Å²) in [7, 11) is 3.29. The van der Waals surface area contributed by atoms with Gasteiger partial charge >= 0.3 is 0 Å². The first-order chi connectivity index (χ1) is 7.62. The Kier molecular flexibility index (Phi) is 6.69. The monoisotopic (exact) mass is 257 g/mol. The van der Waals surface area contributed by atoms with E-state index in [1.807, 2.05) is 19.1 Å². The fourth-order valence-corrected chi connectivity index (χ4v) is 1.65. The smallest absolute Gasteiger partial charge is 0.126 e. The van der Waals surface area contributed by atoms with Gasteiger partial charge in [0.25, 0.3) is 0 Å². The lowest BCUT2D eigenvalue weighted by molar-refractivity contribution is 0.383. The first-order valence-corrected chi connectivity index (χ1v) is 5.25. The van der Waals surface area contributed by atoms with E-state index in [0.717, 1.165) is 29.0 Å². The molecule has 4 heteroatoms. The summed E-state index contributed by atoms with van der Waals surface area (Å²) in [5, 5.41) is 0. The zero-order chi connectivity index (χ0) is 12.1. The van der Waals surface area contributed by atoms with Crippen LogP contribution in [0.3, 0.4) is 0 Å². The number of hydrogen-bond acceptors (Lipinski definition) is 3. The van der Waals surface area contributed by atoms with Gasteiger partial charge in [-0.1, -0.05) is 12.7 Å². The van der Waals surface area contributed by atoms with Crippen LogP contribution in [0.25, 0.3) is 6.08 Å². The molecule has 0 amide bonds. The van der Waals surface area contributed by atoms with Crippen LogP contribution < -0.4 is 15.2 Å². The molecule has 3 nitrogen and oxygen atoms in total. The van der Waals surface area contributed by atoms with Gasteiger partial charge in [0.15, 0.2) is 0 Å². The van der Waals surface area contributed by atoms with Crippen molar-refractivity contribution in [3.8, 4) is 11.5 Å². The lowest BCUT2D eigenvalue weighted by Crippen LogP contribution is -2.18. The third-order valence-electron chi connectivity index (χ3n) is 2.39. The Hall–Kier alpha value is -1.19. The molecule has 0 bridgehead atoms. The summed E-state index contributed by atoms with van der Waals surface area (Å²) in [5.74, 6) is 1.60. The maximum absolute atomic E-state index is 5.81. The van der Waals surface area contributed by atoms with Gasteiger partial charge in [-0.3, -0.25) is 0 Å².